The average Bonchev–Trinajstić information content (AvgIpc) is 2.73. The Morgan fingerprint density at radius 1 is 1.44 bits per heavy atom. The van der Waals surface area contributed by atoms with Crippen molar-refractivity contribution in [3.8, 4) is 0 Å². The van der Waals surface area contributed by atoms with Gasteiger partial charge in [0.2, 0.25) is 0 Å². The molecule has 0 aromatic carbocycles. The number of H-pyrrole nitrogens is 1. The van der Waals surface area contributed by atoms with Gasteiger partial charge in [0.1, 0.15) is 0 Å². The zero-order valence-electron chi connectivity index (χ0n) is 9.92. The number of ether oxygens (including phenoxy) is 1. The molecule has 1 aliphatic rings. The van der Waals surface area contributed by atoms with E-state index in [9.17, 15) is 0 Å². The number of hydrogen-bond donors (Lipinski definition) is 1. The van der Waals surface area contributed by atoms with Gasteiger partial charge in [0.05, 0.1) is 5.69 Å². The van der Waals surface area contributed by atoms with E-state index >= 15 is 0 Å². The standard InChI is InChI=1S/C12H19BrN2O/c1-8(2)11-10(7-13)12(15-14-11)9-3-5-16-6-4-9/h8-9H,3-7H2,1-2H3,(H,14,15). The van der Waals surface area contributed by atoms with Crippen molar-refractivity contribution in [2.45, 2.75) is 43.9 Å². The smallest absolute Gasteiger partial charge is 0.0690 e. The average molecular weight is 287 g/mol. The topological polar surface area (TPSA) is 37.9 Å². The van der Waals surface area contributed by atoms with Gasteiger partial charge in [-0.2, -0.15) is 5.10 Å². The SMILES string of the molecule is CC(C)c1n[nH]c(C2CCOCC2)c1CBr. The second kappa shape index (κ2) is 5.32. The second-order valence-corrected chi connectivity index (χ2v) is 5.24. The molecule has 90 valence electrons. The summed E-state index contributed by atoms with van der Waals surface area (Å²) >= 11 is 3.58. The normalized spacial score (nSPS) is 18.2. The molecule has 1 aromatic rings. The maximum Gasteiger partial charge on any atom is 0.0690 e. The predicted octanol–water partition coefficient (Wildman–Crippen LogP) is 3.32. The van der Waals surface area contributed by atoms with Crippen molar-refractivity contribution >= 4 is 15.9 Å². The number of hydrogen-bond acceptors (Lipinski definition) is 2. The molecule has 1 saturated heterocycles. The van der Waals surface area contributed by atoms with Crippen LogP contribution in [-0.2, 0) is 10.1 Å². The minimum Gasteiger partial charge on any atom is -0.381 e. The first kappa shape index (κ1) is 12.1. The second-order valence-electron chi connectivity index (χ2n) is 4.68. The first-order chi connectivity index (χ1) is 7.74. The van der Waals surface area contributed by atoms with Crippen LogP contribution in [0.5, 0.6) is 0 Å². The van der Waals surface area contributed by atoms with Crippen LogP contribution in [0.25, 0.3) is 0 Å². The summed E-state index contributed by atoms with van der Waals surface area (Å²) in [6, 6.07) is 0. The minimum atomic E-state index is 0.484. The first-order valence-electron chi connectivity index (χ1n) is 5.94. The fourth-order valence-electron chi connectivity index (χ4n) is 2.34. The third-order valence-electron chi connectivity index (χ3n) is 3.24. The zero-order chi connectivity index (χ0) is 11.5. The minimum absolute atomic E-state index is 0.484. The van der Waals surface area contributed by atoms with Gasteiger partial charge in [-0.3, -0.25) is 5.10 Å². The molecular formula is C12H19BrN2O. The lowest BCUT2D eigenvalue weighted by molar-refractivity contribution is 0.0843. The molecule has 0 spiro atoms. The van der Waals surface area contributed by atoms with Gasteiger partial charge in [0.15, 0.2) is 0 Å². The van der Waals surface area contributed by atoms with Crippen LogP contribution in [0.1, 0.15) is 55.5 Å². The van der Waals surface area contributed by atoms with E-state index in [1.54, 1.807) is 0 Å². The van der Waals surface area contributed by atoms with Gasteiger partial charge in [-0.05, 0) is 18.8 Å². The van der Waals surface area contributed by atoms with E-state index in [0.29, 0.717) is 11.8 Å². The van der Waals surface area contributed by atoms with Crippen molar-refractivity contribution in [1.82, 2.24) is 10.2 Å². The van der Waals surface area contributed by atoms with Crippen LogP contribution >= 0.6 is 15.9 Å². The molecule has 0 saturated carbocycles. The lowest BCUT2D eigenvalue weighted by Crippen LogP contribution is -2.15. The summed E-state index contributed by atoms with van der Waals surface area (Å²) in [7, 11) is 0. The van der Waals surface area contributed by atoms with Crippen LogP contribution < -0.4 is 0 Å². The Kier molecular flexibility index (Phi) is 4.03. The summed E-state index contributed by atoms with van der Waals surface area (Å²) in [6.07, 6.45) is 2.22. The van der Waals surface area contributed by atoms with Gasteiger partial charge < -0.3 is 4.74 Å². The van der Waals surface area contributed by atoms with Crippen molar-refractivity contribution in [1.29, 1.82) is 0 Å². The molecule has 0 radical (unpaired) electrons. The molecule has 1 aliphatic heterocycles. The molecule has 0 amide bonds. The summed E-state index contributed by atoms with van der Waals surface area (Å²) in [6.45, 7) is 6.14. The third kappa shape index (κ3) is 2.33. The van der Waals surface area contributed by atoms with Crippen LogP contribution in [0.3, 0.4) is 0 Å². The number of nitrogens with zero attached hydrogens (tertiary/aromatic N) is 1. The van der Waals surface area contributed by atoms with Gasteiger partial charge in [0.25, 0.3) is 0 Å². The summed E-state index contributed by atoms with van der Waals surface area (Å²) in [5, 5.41) is 8.60. The summed E-state index contributed by atoms with van der Waals surface area (Å²) in [5.41, 5.74) is 3.89. The van der Waals surface area contributed by atoms with Gasteiger partial charge in [-0.15, -0.1) is 0 Å². The molecule has 0 atom stereocenters. The van der Waals surface area contributed by atoms with Crippen LogP contribution in [0.4, 0.5) is 0 Å². The number of aromatic amines is 1. The van der Waals surface area contributed by atoms with Crippen molar-refractivity contribution < 1.29 is 4.74 Å². The number of aromatic nitrogens is 2. The van der Waals surface area contributed by atoms with E-state index in [1.807, 2.05) is 0 Å². The Bertz CT molecular complexity index is 343. The molecule has 3 nitrogen and oxygen atoms in total. The summed E-state index contributed by atoms with van der Waals surface area (Å²) in [4.78, 5) is 0. The largest absolute Gasteiger partial charge is 0.381 e. The highest BCUT2D eigenvalue weighted by Gasteiger charge is 2.23. The van der Waals surface area contributed by atoms with Crippen LogP contribution in [0, 0.1) is 0 Å². The maximum absolute atomic E-state index is 5.40. The molecule has 2 rings (SSSR count). The monoisotopic (exact) mass is 286 g/mol. The quantitative estimate of drug-likeness (QED) is 0.866. The molecule has 0 bridgehead atoms. The number of halogens is 1. The van der Waals surface area contributed by atoms with Crippen LogP contribution in [-0.4, -0.2) is 23.4 Å². The van der Waals surface area contributed by atoms with Crippen molar-refractivity contribution in [3.63, 3.8) is 0 Å². The summed E-state index contributed by atoms with van der Waals surface area (Å²) in [5.74, 6) is 1.08. The fourth-order valence-corrected chi connectivity index (χ4v) is 2.92. The maximum atomic E-state index is 5.40. The van der Waals surface area contributed by atoms with Crippen molar-refractivity contribution in [2.75, 3.05) is 13.2 Å². The Morgan fingerprint density at radius 2 is 2.12 bits per heavy atom. The highest BCUT2D eigenvalue weighted by atomic mass is 79.9. The number of nitrogens with one attached hydrogen (secondary N) is 1. The first-order valence-corrected chi connectivity index (χ1v) is 7.07. The van der Waals surface area contributed by atoms with Gasteiger partial charge >= 0.3 is 0 Å². The Hall–Kier alpha value is -0.350. The Labute approximate surface area is 105 Å². The van der Waals surface area contributed by atoms with E-state index < -0.39 is 0 Å². The molecule has 0 aliphatic carbocycles. The van der Waals surface area contributed by atoms with E-state index in [1.165, 1.54) is 17.0 Å². The molecule has 0 unspecified atom stereocenters. The molecule has 1 N–H and O–H groups in total. The molecule has 16 heavy (non-hydrogen) atoms. The number of rotatable bonds is 3. The lowest BCUT2D eigenvalue weighted by atomic mass is 9.92. The molecule has 1 aromatic heterocycles. The molecule has 1 fully saturated rings. The molecule has 4 heteroatoms. The van der Waals surface area contributed by atoms with Gasteiger partial charge in [-0.1, -0.05) is 29.8 Å². The van der Waals surface area contributed by atoms with Crippen LogP contribution in [0.2, 0.25) is 0 Å². The highest BCUT2D eigenvalue weighted by Crippen LogP contribution is 2.32. The Morgan fingerprint density at radius 3 is 2.69 bits per heavy atom. The van der Waals surface area contributed by atoms with E-state index in [0.717, 1.165) is 31.4 Å². The molecular weight excluding hydrogens is 268 g/mol. The Balaban J connectivity index is 2.25. The third-order valence-corrected chi connectivity index (χ3v) is 3.80. The van der Waals surface area contributed by atoms with Gasteiger partial charge in [0, 0.05) is 35.7 Å². The lowest BCUT2D eigenvalue weighted by Gasteiger charge is -2.22. The van der Waals surface area contributed by atoms with E-state index in [2.05, 4.69) is 40.0 Å². The number of alkyl halides is 1. The van der Waals surface area contributed by atoms with E-state index in [4.69, 9.17) is 4.74 Å². The fraction of sp³-hybridized carbons (Fsp3) is 0.750. The van der Waals surface area contributed by atoms with E-state index in [-0.39, 0.29) is 0 Å². The highest BCUT2D eigenvalue weighted by molar-refractivity contribution is 9.08. The predicted molar refractivity (Wildman–Crippen MR) is 68.1 cm³/mol. The molecule has 2 heterocycles. The van der Waals surface area contributed by atoms with Crippen molar-refractivity contribution in [3.05, 3.63) is 17.0 Å². The zero-order valence-corrected chi connectivity index (χ0v) is 11.5. The van der Waals surface area contributed by atoms with Crippen molar-refractivity contribution in [2.24, 2.45) is 0 Å². The van der Waals surface area contributed by atoms with Gasteiger partial charge in [-0.25, -0.2) is 0 Å². The summed E-state index contributed by atoms with van der Waals surface area (Å²) < 4.78 is 5.40. The van der Waals surface area contributed by atoms with Crippen LogP contribution in [0.15, 0.2) is 0 Å².